The lowest BCUT2D eigenvalue weighted by atomic mass is 9.98. The van der Waals surface area contributed by atoms with E-state index in [2.05, 4.69) is 16.0 Å². The number of ether oxygens (including phenoxy) is 3. The highest BCUT2D eigenvalue weighted by Crippen LogP contribution is 2.35. The standard InChI is InChI=1S/C17H23N3O3/c1-21-11-17-19-13-8-15-16(23-7-6-22-15)9-14(13)20(17)10-12-2-4-18-5-3-12/h8-9,12,18H,2-7,10-11H2,1H3. The van der Waals surface area contributed by atoms with Crippen molar-refractivity contribution in [2.75, 3.05) is 33.4 Å². The SMILES string of the molecule is COCc1nc2cc3c(cc2n1CC1CCNCC1)OCCO3. The Morgan fingerprint density at radius 2 is 1.96 bits per heavy atom. The van der Waals surface area contributed by atoms with Crippen molar-refractivity contribution in [3.05, 3.63) is 18.0 Å². The molecule has 1 N–H and O–H groups in total. The van der Waals surface area contributed by atoms with Gasteiger partial charge in [-0.05, 0) is 31.8 Å². The van der Waals surface area contributed by atoms with Crippen LogP contribution in [0.5, 0.6) is 11.5 Å². The fourth-order valence-electron chi connectivity index (χ4n) is 3.48. The van der Waals surface area contributed by atoms with E-state index in [-0.39, 0.29) is 0 Å². The van der Waals surface area contributed by atoms with Gasteiger partial charge in [-0.3, -0.25) is 0 Å². The Hall–Kier alpha value is -1.79. The summed E-state index contributed by atoms with van der Waals surface area (Å²) in [6.07, 6.45) is 2.41. The highest BCUT2D eigenvalue weighted by molar-refractivity contribution is 5.80. The quantitative estimate of drug-likeness (QED) is 0.934. The van der Waals surface area contributed by atoms with Crippen molar-refractivity contribution < 1.29 is 14.2 Å². The number of hydrogen-bond donors (Lipinski definition) is 1. The first-order valence-electron chi connectivity index (χ1n) is 8.33. The number of piperidine rings is 1. The zero-order valence-electron chi connectivity index (χ0n) is 13.5. The average molecular weight is 317 g/mol. The zero-order valence-corrected chi connectivity index (χ0v) is 13.5. The van der Waals surface area contributed by atoms with Crippen LogP contribution >= 0.6 is 0 Å². The number of nitrogens with zero attached hydrogens (tertiary/aromatic N) is 2. The van der Waals surface area contributed by atoms with Gasteiger partial charge in [-0.25, -0.2) is 4.98 Å². The molecule has 0 spiro atoms. The smallest absolute Gasteiger partial charge is 0.163 e. The van der Waals surface area contributed by atoms with Crippen LogP contribution < -0.4 is 14.8 Å². The number of hydrogen-bond acceptors (Lipinski definition) is 5. The predicted molar refractivity (Wildman–Crippen MR) is 87.0 cm³/mol. The lowest BCUT2D eigenvalue weighted by molar-refractivity contribution is 0.171. The molecule has 2 aliphatic heterocycles. The third-order valence-electron chi connectivity index (χ3n) is 4.66. The molecule has 0 radical (unpaired) electrons. The molecule has 1 fully saturated rings. The molecule has 1 aromatic carbocycles. The van der Waals surface area contributed by atoms with Crippen molar-refractivity contribution in [3.63, 3.8) is 0 Å². The fraction of sp³-hybridized carbons (Fsp3) is 0.588. The average Bonchev–Trinajstić information content (AvgIpc) is 2.91. The van der Waals surface area contributed by atoms with Crippen molar-refractivity contribution in [2.45, 2.75) is 26.0 Å². The lowest BCUT2D eigenvalue weighted by Gasteiger charge is -2.24. The van der Waals surface area contributed by atoms with E-state index in [1.807, 2.05) is 6.07 Å². The maximum absolute atomic E-state index is 5.74. The second kappa shape index (κ2) is 6.37. The maximum atomic E-state index is 5.74. The van der Waals surface area contributed by atoms with E-state index in [0.717, 1.165) is 48.0 Å². The van der Waals surface area contributed by atoms with Crippen LogP contribution in [0.2, 0.25) is 0 Å². The normalized spacial score (nSPS) is 18.5. The van der Waals surface area contributed by atoms with Crippen molar-refractivity contribution in [1.29, 1.82) is 0 Å². The minimum atomic E-state index is 0.520. The minimum Gasteiger partial charge on any atom is -0.486 e. The number of benzene rings is 1. The van der Waals surface area contributed by atoms with Crippen LogP contribution in [0.25, 0.3) is 11.0 Å². The number of fused-ring (bicyclic) bond motifs is 2. The predicted octanol–water partition coefficient (Wildman–Crippen LogP) is 1.95. The lowest BCUT2D eigenvalue weighted by Crippen LogP contribution is -2.30. The van der Waals surface area contributed by atoms with Crippen molar-refractivity contribution in [1.82, 2.24) is 14.9 Å². The summed E-state index contributed by atoms with van der Waals surface area (Å²) in [5.74, 6) is 3.26. The van der Waals surface area contributed by atoms with Crippen LogP contribution in [0, 0.1) is 5.92 Å². The van der Waals surface area contributed by atoms with Gasteiger partial charge in [0.2, 0.25) is 0 Å². The van der Waals surface area contributed by atoms with Gasteiger partial charge in [0.15, 0.2) is 11.5 Å². The van der Waals surface area contributed by atoms with Crippen LogP contribution in [0.4, 0.5) is 0 Å². The summed E-state index contributed by atoms with van der Waals surface area (Å²) >= 11 is 0. The Bertz CT molecular complexity index is 692. The molecular formula is C17H23N3O3. The molecule has 0 saturated carbocycles. The Morgan fingerprint density at radius 1 is 1.22 bits per heavy atom. The highest BCUT2D eigenvalue weighted by atomic mass is 16.6. The second-order valence-corrected chi connectivity index (χ2v) is 6.25. The van der Waals surface area contributed by atoms with Crippen molar-refractivity contribution >= 4 is 11.0 Å². The first-order valence-corrected chi connectivity index (χ1v) is 8.33. The molecule has 4 rings (SSSR count). The van der Waals surface area contributed by atoms with Gasteiger partial charge in [-0.15, -0.1) is 0 Å². The third kappa shape index (κ3) is 2.88. The Morgan fingerprint density at radius 3 is 2.70 bits per heavy atom. The van der Waals surface area contributed by atoms with E-state index in [9.17, 15) is 0 Å². The van der Waals surface area contributed by atoms with Crippen LogP contribution in [-0.4, -0.2) is 43.0 Å². The molecule has 6 nitrogen and oxygen atoms in total. The monoisotopic (exact) mass is 317 g/mol. The van der Waals surface area contributed by atoms with E-state index in [4.69, 9.17) is 19.2 Å². The van der Waals surface area contributed by atoms with Gasteiger partial charge >= 0.3 is 0 Å². The molecule has 1 saturated heterocycles. The Labute approximate surface area is 135 Å². The molecule has 124 valence electrons. The summed E-state index contributed by atoms with van der Waals surface area (Å²) in [5.41, 5.74) is 2.06. The summed E-state index contributed by atoms with van der Waals surface area (Å²) in [4.78, 5) is 4.76. The summed E-state index contributed by atoms with van der Waals surface area (Å²) < 4.78 is 19.1. The van der Waals surface area contributed by atoms with Crippen LogP contribution in [0.1, 0.15) is 18.7 Å². The number of imidazole rings is 1. The summed E-state index contributed by atoms with van der Waals surface area (Å²) in [5, 5.41) is 3.43. The van der Waals surface area contributed by atoms with Crippen molar-refractivity contribution in [2.24, 2.45) is 5.92 Å². The zero-order chi connectivity index (χ0) is 15.6. The molecule has 2 aromatic rings. The molecular weight excluding hydrogens is 294 g/mol. The summed E-state index contributed by atoms with van der Waals surface area (Å²) in [7, 11) is 1.71. The van der Waals surface area contributed by atoms with Crippen LogP contribution in [-0.2, 0) is 17.9 Å². The molecule has 6 heteroatoms. The number of aromatic nitrogens is 2. The van der Waals surface area contributed by atoms with Gasteiger partial charge in [0.05, 0.1) is 11.0 Å². The van der Waals surface area contributed by atoms with Gasteiger partial charge in [-0.1, -0.05) is 0 Å². The number of methoxy groups -OCH3 is 1. The van der Waals surface area contributed by atoms with Crippen molar-refractivity contribution in [3.8, 4) is 11.5 Å². The van der Waals surface area contributed by atoms with E-state index >= 15 is 0 Å². The summed E-state index contributed by atoms with van der Waals surface area (Å²) in [6.45, 7) is 4.90. The number of rotatable bonds is 4. The van der Waals surface area contributed by atoms with Crippen LogP contribution in [0.3, 0.4) is 0 Å². The van der Waals surface area contributed by atoms with Gasteiger partial charge in [0, 0.05) is 25.8 Å². The molecule has 2 aliphatic rings. The maximum Gasteiger partial charge on any atom is 0.163 e. The molecule has 0 atom stereocenters. The molecule has 1 aromatic heterocycles. The van der Waals surface area contributed by atoms with Gasteiger partial charge in [0.1, 0.15) is 25.6 Å². The summed E-state index contributed by atoms with van der Waals surface area (Å²) in [6, 6.07) is 4.05. The molecule has 0 unspecified atom stereocenters. The third-order valence-corrected chi connectivity index (χ3v) is 4.66. The largest absolute Gasteiger partial charge is 0.486 e. The minimum absolute atomic E-state index is 0.520. The van der Waals surface area contributed by atoms with E-state index in [0.29, 0.717) is 25.7 Å². The van der Waals surface area contributed by atoms with E-state index < -0.39 is 0 Å². The second-order valence-electron chi connectivity index (χ2n) is 6.25. The van der Waals surface area contributed by atoms with Gasteiger partial charge in [-0.2, -0.15) is 0 Å². The van der Waals surface area contributed by atoms with Crippen LogP contribution in [0.15, 0.2) is 12.1 Å². The Kier molecular flexibility index (Phi) is 4.10. The molecule has 0 bridgehead atoms. The first kappa shape index (κ1) is 14.8. The fourth-order valence-corrected chi connectivity index (χ4v) is 3.48. The van der Waals surface area contributed by atoms with Gasteiger partial charge in [0.25, 0.3) is 0 Å². The molecule has 0 aliphatic carbocycles. The van der Waals surface area contributed by atoms with E-state index in [1.165, 1.54) is 12.8 Å². The Balaban J connectivity index is 1.73. The molecule has 0 amide bonds. The molecule has 23 heavy (non-hydrogen) atoms. The van der Waals surface area contributed by atoms with Gasteiger partial charge < -0.3 is 24.1 Å². The van der Waals surface area contributed by atoms with E-state index in [1.54, 1.807) is 7.11 Å². The topological polar surface area (TPSA) is 57.5 Å². The highest BCUT2D eigenvalue weighted by Gasteiger charge is 2.21. The first-order chi connectivity index (χ1) is 11.3. The molecule has 3 heterocycles. The number of nitrogens with one attached hydrogen (secondary N) is 1.